The lowest BCUT2D eigenvalue weighted by atomic mass is 9.97. The maximum Gasteiger partial charge on any atom is 0.311 e. The zero-order valence-electron chi connectivity index (χ0n) is 11.2. The van der Waals surface area contributed by atoms with Gasteiger partial charge in [0.15, 0.2) is 0 Å². The molecular formula is C14H26O2. The van der Waals surface area contributed by atoms with E-state index in [0.717, 1.165) is 25.7 Å². The molecule has 0 amide bonds. The van der Waals surface area contributed by atoms with Gasteiger partial charge < -0.3 is 4.74 Å². The van der Waals surface area contributed by atoms with Crippen molar-refractivity contribution in [3.63, 3.8) is 0 Å². The average Bonchev–Trinajstić information content (AvgIpc) is 2.20. The van der Waals surface area contributed by atoms with Gasteiger partial charge >= 0.3 is 5.97 Å². The van der Waals surface area contributed by atoms with Crippen LogP contribution in [0.1, 0.15) is 59.8 Å². The fourth-order valence-electron chi connectivity index (χ4n) is 1.21. The third kappa shape index (κ3) is 8.51. The summed E-state index contributed by atoms with van der Waals surface area (Å²) in [5.74, 6) is -0.0987. The number of ether oxygens (including phenoxy) is 1. The fraction of sp³-hybridized carbons (Fsp3) is 0.786. The number of hydrogen-bond acceptors (Lipinski definition) is 2. The number of carbonyl (C=O) groups is 1. The highest BCUT2D eigenvalue weighted by atomic mass is 16.5. The van der Waals surface area contributed by atoms with E-state index in [-0.39, 0.29) is 11.4 Å². The second-order valence-corrected chi connectivity index (χ2v) is 5.11. The van der Waals surface area contributed by atoms with E-state index in [4.69, 9.17) is 4.74 Å². The summed E-state index contributed by atoms with van der Waals surface area (Å²) >= 11 is 0. The van der Waals surface area contributed by atoms with Crippen molar-refractivity contribution in [3.05, 3.63) is 12.2 Å². The Labute approximate surface area is 100 Å². The van der Waals surface area contributed by atoms with Crippen LogP contribution < -0.4 is 0 Å². The average molecular weight is 226 g/mol. The molecule has 0 aliphatic carbocycles. The van der Waals surface area contributed by atoms with Gasteiger partial charge in [-0.3, -0.25) is 4.79 Å². The van der Waals surface area contributed by atoms with E-state index in [9.17, 15) is 4.79 Å². The van der Waals surface area contributed by atoms with Crippen LogP contribution in [-0.2, 0) is 9.53 Å². The molecule has 2 heteroatoms. The van der Waals surface area contributed by atoms with Gasteiger partial charge in [0.25, 0.3) is 0 Å². The Morgan fingerprint density at radius 2 is 1.81 bits per heavy atom. The molecule has 0 rings (SSSR count). The van der Waals surface area contributed by atoms with Crippen molar-refractivity contribution >= 4 is 5.97 Å². The molecule has 0 aliphatic rings. The smallest absolute Gasteiger partial charge is 0.311 e. The van der Waals surface area contributed by atoms with Crippen LogP contribution in [0, 0.1) is 5.41 Å². The Balaban J connectivity index is 3.34. The number of esters is 1. The first-order chi connectivity index (χ1) is 7.48. The van der Waals surface area contributed by atoms with E-state index in [1.54, 1.807) is 0 Å². The Hall–Kier alpha value is -0.790. The normalized spacial score (nSPS) is 12.0. The highest BCUT2D eigenvalue weighted by molar-refractivity contribution is 5.75. The summed E-state index contributed by atoms with van der Waals surface area (Å²) in [6.07, 6.45) is 9.96. The Kier molecular flexibility index (Phi) is 7.96. The summed E-state index contributed by atoms with van der Waals surface area (Å²) in [5, 5.41) is 0. The molecule has 0 aromatic heterocycles. The number of allylic oxidation sites excluding steroid dienone is 2. The van der Waals surface area contributed by atoms with Crippen LogP contribution in [0.25, 0.3) is 0 Å². The molecule has 0 aromatic rings. The van der Waals surface area contributed by atoms with E-state index in [1.165, 1.54) is 6.42 Å². The minimum absolute atomic E-state index is 0.0987. The van der Waals surface area contributed by atoms with Gasteiger partial charge in [-0.15, -0.1) is 0 Å². The highest BCUT2D eigenvalue weighted by Gasteiger charge is 2.22. The highest BCUT2D eigenvalue weighted by Crippen LogP contribution is 2.15. The lowest BCUT2D eigenvalue weighted by molar-refractivity contribution is -0.153. The maximum absolute atomic E-state index is 11.4. The van der Waals surface area contributed by atoms with Crippen LogP contribution in [0.5, 0.6) is 0 Å². The number of hydrogen-bond donors (Lipinski definition) is 0. The van der Waals surface area contributed by atoms with Crippen molar-refractivity contribution in [1.29, 1.82) is 0 Å². The summed E-state index contributed by atoms with van der Waals surface area (Å²) in [7, 11) is 0. The molecule has 2 nitrogen and oxygen atoms in total. The van der Waals surface area contributed by atoms with E-state index in [1.807, 2.05) is 20.8 Å². The van der Waals surface area contributed by atoms with Crippen LogP contribution in [0.3, 0.4) is 0 Å². The minimum atomic E-state index is -0.371. The van der Waals surface area contributed by atoms with E-state index in [0.29, 0.717) is 6.61 Å². The van der Waals surface area contributed by atoms with Gasteiger partial charge in [-0.25, -0.2) is 0 Å². The quantitative estimate of drug-likeness (QED) is 0.371. The molecule has 0 atom stereocenters. The summed E-state index contributed by atoms with van der Waals surface area (Å²) in [6, 6.07) is 0. The van der Waals surface area contributed by atoms with Crippen molar-refractivity contribution in [2.45, 2.75) is 59.8 Å². The van der Waals surface area contributed by atoms with Gasteiger partial charge in [0, 0.05) is 0 Å². The van der Waals surface area contributed by atoms with Gasteiger partial charge in [0.05, 0.1) is 12.0 Å². The van der Waals surface area contributed by atoms with Gasteiger partial charge in [0.1, 0.15) is 0 Å². The molecule has 0 saturated heterocycles. The summed E-state index contributed by atoms with van der Waals surface area (Å²) < 4.78 is 5.18. The third-order valence-corrected chi connectivity index (χ3v) is 2.26. The molecule has 0 bridgehead atoms. The van der Waals surface area contributed by atoms with Crippen molar-refractivity contribution in [2.24, 2.45) is 5.41 Å². The number of unbranched alkanes of at least 4 members (excludes halogenated alkanes) is 3. The minimum Gasteiger partial charge on any atom is -0.465 e. The molecule has 0 heterocycles. The van der Waals surface area contributed by atoms with E-state index in [2.05, 4.69) is 19.1 Å². The Morgan fingerprint density at radius 1 is 1.12 bits per heavy atom. The van der Waals surface area contributed by atoms with E-state index < -0.39 is 0 Å². The molecule has 0 aromatic carbocycles. The molecule has 0 spiro atoms. The van der Waals surface area contributed by atoms with Gasteiger partial charge in [-0.05, 0) is 52.9 Å². The van der Waals surface area contributed by atoms with Crippen LogP contribution in [-0.4, -0.2) is 12.6 Å². The molecule has 16 heavy (non-hydrogen) atoms. The summed E-state index contributed by atoms with van der Waals surface area (Å²) in [5.41, 5.74) is -0.371. The van der Waals surface area contributed by atoms with Crippen molar-refractivity contribution < 1.29 is 9.53 Å². The molecule has 0 saturated carbocycles. The molecule has 0 fully saturated rings. The molecular weight excluding hydrogens is 200 g/mol. The lowest BCUT2D eigenvalue weighted by Crippen LogP contribution is -2.23. The molecule has 0 radical (unpaired) electrons. The number of rotatable bonds is 7. The number of carbonyl (C=O) groups excluding carboxylic acids is 1. The zero-order chi connectivity index (χ0) is 12.4. The SMILES string of the molecule is CCC=CCCCCCOC(=O)C(C)(C)C. The van der Waals surface area contributed by atoms with Crippen LogP contribution in [0.2, 0.25) is 0 Å². The maximum atomic E-state index is 11.4. The molecule has 0 unspecified atom stereocenters. The first kappa shape index (κ1) is 15.2. The molecule has 94 valence electrons. The largest absolute Gasteiger partial charge is 0.465 e. The van der Waals surface area contributed by atoms with Crippen LogP contribution in [0.15, 0.2) is 12.2 Å². The molecule has 0 N–H and O–H groups in total. The van der Waals surface area contributed by atoms with Crippen molar-refractivity contribution in [2.75, 3.05) is 6.61 Å². The Morgan fingerprint density at radius 3 is 2.38 bits per heavy atom. The van der Waals surface area contributed by atoms with E-state index >= 15 is 0 Å². The Bertz CT molecular complexity index is 211. The monoisotopic (exact) mass is 226 g/mol. The second-order valence-electron chi connectivity index (χ2n) is 5.11. The van der Waals surface area contributed by atoms with Crippen LogP contribution >= 0.6 is 0 Å². The van der Waals surface area contributed by atoms with Gasteiger partial charge in [-0.1, -0.05) is 19.1 Å². The topological polar surface area (TPSA) is 26.3 Å². The fourth-order valence-corrected chi connectivity index (χ4v) is 1.21. The predicted molar refractivity (Wildman–Crippen MR) is 68.3 cm³/mol. The van der Waals surface area contributed by atoms with Crippen molar-refractivity contribution in [3.8, 4) is 0 Å². The second kappa shape index (κ2) is 8.37. The van der Waals surface area contributed by atoms with Crippen LogP contribution in [0.4, 0.5) is 0 Å². The predicted octanol–water partition coefficient (Wildman–Crippen LogP) is 4.10. The third-order valence-electron chi connectivity index (χ3n) is 2.26. The molecule has 0 aliphatic heterocycles. The zero-order valence-corrected chi connectivity index (χ0v) is 11.2. The van der Waals surface area contributed by atoms with Gasteiger partial charge in [-0.2, -0.15) is 0 Å². The summed E-state index contributed by atoms with van der Waals surface area (Å²) in [6.45, 7) is 8.34. The lowest BCUT2D eigenvalue weighted by Gasteiger charge is -2.16. The van der Waals surface area contributed by atoms with Crippen molar-refractivity contribution in [1.82, 2.24) is 0 Å². The summed E-state index contributed by atoms with van der Waals surface area (Å²) in [4.78, 5) is 11.4. The first-order valence-electron chi connectivity index (χ1n) is 6.30. The standard InChI is InChI=1S/C14H26O2/c1-5-6-7-8-9-10-11-12-16-13(15)14(2,3)4/h6-7H,5,8-12H2,1-4H3. The first-order valence-corrected chi connectivity index (χ1v) is 6.30. The van der Waals surface area contributed by atoms with Gasteiger partial charge in [0.2, 0.25) is 0 Å².